The summed E-state index contributed by atoms with van der Waals surface area (Å²) in [4.78, 5) is 56.3. The minimum absolute atomic E-state index is 0.0922. The molecular weight excluding hydrogens is 521 g/mol. The van der Waals surface area contributed by atoms with E-state index in [2.05, 4.69) is 15.6 Å². The molecule has 2 N–H and O–H groups in total. The Morgan fingerprint density at radius 2 is 1.67 bits per heavy atom. The normalized spacial score (nSPS) is 20.9. The van der Waals surface area contributed by atoms with Crippen LogP contribution in [-0.2, 0) is 9.59 Å². The largest absolute Gasteiger partial charge is 0.351 e. The summed E-state index contributed by atoms with van der Waals surface area (Å²) >= 11 is 1.83. The number of amides is 2. The van der Waals surface area contributed by atoms with Crippen molar-refractivity contribution in [3.63, 3.8) is 0 Å². The molecule has 1 aromatic carbocycles. The van der Waals surface area contributed by atoms with E-state index in [0.29, 0.717) is 31.2 Å². The van der Waals surface area contributed by atoms with Crippen molar-refractivity contribution in [2.24, 2.45) is 0 Å². The Balaban J connectivity index is 1.37. The van der Waals surface area contributed by atoms with E-state index in [1.165, 1.54) is 17.6 Å². The molecule has 0 spiro atoms. The maximum atomic E-state index is 14.1. The third-order valence-electron chi connectivity index (χ3n) is 7.63. The summed E-state index contributed by atoms with van der Waals surface area (Å²) in [5.74, 6) is 0.589. The predicted octanol–water partition coefficient (Wildman–Crippen LogP) is 3.24. The van der Waals surface area contributed by atoms with Gasteiger partial charge < -0.3 is 10.6 Å². The zero-order chi connectivity index (χ0) is 27.5. The van der Waals surface area contributed by atoms with E-state index < -0.39 is 23.1 Å². The van der Waals surface area contributed by atoms with Gasteiger partial charge in [-0.1, -0.05) is 30.3 Å². The SMILES string of the molecule is CC(=O)N[C@@H](C(=O)NC1CCC(n2c(=O)c3cc(F)cnc3n(C3CCSCC3)c2=O)CC1)c1ccccc1. The van der Waals surface area contributed by atoms with Crippen LogP contribution in [0, 0.1) is 5.82 Å². The molecule has 3 heterocycles. The summed E-state index contributed by atoms with van der Waals surface area (Å²) in [5, 5.41) is 5.87. The van der Waals surface area contributed by atoms with E-state index in [1.54, 1.807) is 16.7 Å². The number of hydrogen-bond donors (Lipinski definition) is 2. The fourth-order valence-corrected chi connectivity index (χ4v) is 6.79. The van der Waals surface area contributed by atoms with Crippen molar-refractivity contribution in [1.29, 1.82) is 0 Å². The Bertz CT molecular complexity index is 1480. The van der Waals surface area contributed by atoms with E-state index in [0.717, 1.165) is 30.5 Å². The first-order valence-corrected chi connectivity index (χ1v) is 14.5. The third kappa shape index (κ3) is 5.78. The van der Waals surface area contributed by atoms with Gasteiger partial charge in [0.2, 0.25) is 11.8 Å². The Morgan fingerprint density at radius 3 is 2.33 bits per heavy atom. The van der Waals surface area contributed by atoms with Gasteiger partial charge in [0, 0.05) is 25.0 Å². The molecular formula is C28H32FN5O4S. The second-order valence-electron chi connectivity index (χ2n) is 10.3. The number of nitrogens with zero attached hydrogens (tertiary/aromatic N) is 3. The van der Waals surface area contributed by atoms with E-state index in [4.69, 9.17) is 0 Å². The molecule has 5 rings (SSSR count). The van der Waals surface area contributed by atoms with Crippen molar-refractivity contribution in [2.75, 3.05) is 11.5 Å². The summed E-state index contributed by atoms with van der Waals surface area (Å²) in [5.41, 5.74) is 0.00560. The average Bonchev–Trinajstić information content (AvgIpc) is 2.94. The number of nitrogens with one attached hydrogen (secondary N) is 2. The van der Waals surface area contributed by atoms with Crippen LogP contribution in [0.25, 0.3) is 11.0 Å². The molecule has 1 atom stereocenters. The molecule has 11 heteroatoms. The van der Waals surface area contributed by atoms with Crippen LogP contribution in [0.5, 0.6) is 0 Å². The predicted molar refractivity (Wildman–Crippen MR) is 148 cm³/mol. The Morgan fingerprint density at radius 1 is 1.00 bits per heavy atom. The van der Waals surface area contributed by atoms with Crippen molar-refractivity contribution in [2.45, 2.75) is 69.6 Å². The lowest BCUT2D eigenvalue weighted by Gasteiger charge is -2.32. The number of pyridine rings is 1. The minimum atomic E-state index is -0.812. The van der Waals surface area contributed by atoms with E-state index in [9.17, 15) is 23.6 Å². The summed E-state index contributed by atoms with van der Waals surface area (Å²) in [6.45, 7) is 1.37. The van der Waals surface area contributed by atoms with Crippen LogP contribution in [-0.4, -0.2) is 43.5 Å². The third-order valence-corrected chi connectivity index (χ3v) is 8.68. The van der Waals surface area contributed by atoms with Crippen molar-refractivity contribution in [3.05, 3.63) is 74.8 Å². The average molecular weight is 554 g/mol. The summed E-state index contributed by atoms with van der Waals surface area (Å²) in [6, 6.07) is 8.78. The number of halogens is 1. The number of aromatic nitrogens is 3. The maximum absolute atomic E-state index is 14.1. The molecule has 9 nitrogen and oxygen atoms in total. The molecule has 1 aliphatic heterocycles. The molecule has 206 valence electrons. The second-order valence-corrected chi connectivity index (χ2v) is 11.5. The van der Waals surface area contributed by atoms with E-state index in [1.807, 2.05) is 30.0 Å². The monoisotopic (exact) mass is 553 g/mol. The quantitative estimate of drug-likeness (QED) is 0.484. The van der Waals surface area contributed by atoms with Crippen molar-refractivity contribution >= 4 is 34.6 Å². The van der Waals surface area contributed by atoms with Crippen molar-refractivity contribution in [1.82, 2.24) is 24.8 Å². The lowest BCUT2D eigenvalue weighted by molar-refractivity contribution is -0.128. The van der Waals surface area contributed by atoms with Gasteiger partial charge in [-0.05, 0) is 61.7 Å². The number of benzene rings is 1. The summed E-state index contributed by atoms with van der Waals surface area (Å²) < 4.78 is 17.0. The van der Waals surface area contributed by atoms with Gasteiger partial charge in [0.15, 0.2) is 0 Å². The van der Waals surface area contributed by atoms with Gasteiger partial charge in [0.25, 0.3) is 5.56 Å². The van der Waals surface area contributed by atoms with Gasteiger partial charge in [0.1, 0.15) is 17.5 Å². The molecule has 0 radical (unpaired) electrons. The van der Waals surface area contributed by atoms with Crippen LogP contribution in [0.1, 0.15) is 69.1 Å². The first-order valence-electron chi connectivity index (χ1n) is 13.4. The Hall–Kier alpha value is -3.47. The number of hydrogen-bond acceptors (Lipinski definition) is 6. The molecule has 1 saturated carbocycles. The zero-order valence-corrected chi connectivity index (χ0v) is 22.6. The first kappa shape index (κ1) is 27.1. The Labute approximate surface area is 229 Å². The molecule has 39 heavy (non-hydrogen) atoms. The highest BCUT2D eigenvalue weighted by molar-refractivity contribution is 7.99. The fourth-order valence-electron chi connectivity index (χ4n) is 5.71. The summed E-state index contributed by atoms with van der Waals surface area (Å²) in [7, 11) is 0. The molecule has 2 fully saturated rings. The van der Waals surface area contributed by atoms with E-state index in [-0.39, 0.29) is 41.0 Å². The topological polar surface area (TPSA) is 115 Å². The number of thioether (sulfide) groups is 1. The summed E-state index contributed by atoms with van der Waals surface area (Å²) in [6.07, 6.45) is 4.75. The van der Waals surface area contributed by atoms with Gasteiger partial charge in [-0.15, -0.1) is 0 Å². The van der Waals surface area contributed by atoms with Crippen LogP contribution < -0.4 is 21.9 Å². The Kier molecular flexibility index (Phi) is 8.15. The molecule has 2 amide bonds. The van der Waals surface area contributed by atoms with Crippen LogP contribution in [0.2, 0.25) is 0 Å². The van der Waals surface area contributed by atoms with Crippen LogP contribution in [0.3, 0.4) is 0 Å². The first-order chi connectivity index (χ1) is 18.8. The number of fused-ring (bicyclic) bond motifs is 1. The van der Waals surface area contributed by atoms with Crippen LogP contribution >= 0.6 is 11.8 Å². The lowest BCUT2D eigenvalue weighted by Crippen LogP contribution is -2.48. The molecule has 3 aromatic rings. The molecule has 1 aliphatic carbocycles. The molecule has 1 saturated heterocycles. The molecule has 0 bridgehead atoms. The van der Waals surface area contributed by atoms with Crippen LogP contribution in [0.4, 0.5) is 4.39 Å². The highest BCUT2D eigenvalue weighted by Crippen LogP contribution is 2.30. The number of carbonyl (C=O) groups excluding carboxylic acids is 2. The highest BCUT2D eigenvalue weighted by atomic mass is 32.2. The number of rotatable bonds is 6. The minimum Gasteiger partial charge on any atom is -0.351 e. The van der Waals surface area contributed by atoms with Gasteiger partial charge in [-0.2, -0.15) is 11.8 Å². The van der Waals surface area contributed by atoms with Crippen molar-refractivity contribution in [3.8, 4) is 0 Å². The van der Waals surface area contributed by atoms with Gasteiger partial charge in [-0.25, -0.2) is 14.2 Å². The fraction of sp³-hybridized carbons (Fsp3) is 0.464. The number of carbonyl (C=O) groups is 2. The standard InChI is InChI=1S/C28H32FN5O4S/c1-17(35)31-24(18-5-3-2-4-6-18)26(36)32-20-7-9-21(10-8-20)34-27(37)23-15-19(29)16-30-25(23)33(28(34)38)22-11-13-39-14-12-22/h2-6,15-16,20-22,24H,7-14H2,1H3,(H,31,35)(H,32,36)/t20?,21?,24-/m1/s1. The molecule has 0 unspecified atom stereocenters. The second kappa shape index (κ2) is 11.7. The van der Waals surface area contributed by atoms with Gasteiger partial charge in [-0.3, -0.25) is 23.5 Å². The lowest BCUT2D eigenvalue weighted by atomic mass is 9.90. The maximum Gasteiger partial charge on any atom is 0.333 e. The van der Waals surface area contributed by atoms with E-state index >= 15 is 0 Å². The zero-order valence-electron chi connectivity index (χ0n) is 21.8. The van der Waals surface area contributed by atoms with Gasteiger partial charge in [0.05, 0.1) is 11.6 Å². The smallest absolute Gasteiger partial charge is 0.333 e. The van der Waals surface area contributed by atoms with Gasteiger partial charge >= 0.3 is 5.69 Å². The molecule has 2 aromatic heterocycles. The molecule has 2 aliphatic rings. The van der Waals surface area contributed by atoms with Crippen LogP contribution in [0.15, 0.2) is 52.2 Å². The van der Waals surface area contributed by atoms with Crippen molar-refractivity contribution < 1.29 is 14.0 Å². The highest BCUT2D eigenvalue weighted by Gasteiger charge is 2.31.